The van der Waals surface area contributed by atoms with Gasteiger partial charge in [0.1, 0.15) is 11.3 Å². The Kier molecular flexibility index (Phi) is 2.72. The molecular weight excluding hydrogens is 242 g/mol. The Morgan fingerprint density at radius 3 is 2.79 bits per heavy atom. The zero-order valence-corrected chi connectivity index (χ0v) is 10.3. The summed E-state index contributed by atoms with van der Waals surface area (Å²) in [6.07, 6.45) is 3.45. The molecule has 5 nitrogen and oxygen atoms in total. The van der Waals surface area contributed by atoms with Crippen LogP contribution in [0.2, 0.25) is 0 Å². The molecule has 0 atom stereocenters. The molecule has 3 aromatic rings. The van der Waals surface area contributed by atoms with E-state index in [1.807, 2.05) is 36.4 Å². The zero-order valence-electron chi connectivity index (χ0n) is 10.3. The predicted octanol–water partition coefficient (Wildman–Crippen LogP) is 2.18. The lowest BCUT2D eigenvalue weighted by atomic mass is 10.1. The zero-order chi connectivity index (χ0) is 13.2. The third-order valence-corrected chi connectivity index (χ3v) is 2.84. The number of rotatable bonds is 2. The second-order valence-electron chi connectivity index (χ2n) is 3.96. The third-order valence-electron chi connectivity index (χ3n) is 2.84. The molecule has 94 valence electrons. The van der Waals surface area contributed by atoms with E-state index in [9.17, 15) is 4.79 Å². The predicted molar refractivity (Wildman–Crippen MR) is 69.8 cm³/mol. The molecule has 0 unspecified atom stereocenters. The summed E-state index contributed by atoms with van der Waals surface area (Å²) in [5.41, 5.74) is 2.31. The fraction of sp³-hybridized carbons (Fsp3) is 0.0714. The second-order valence-corrected chi connectivity index (χ2v) is 3.96. The molecule has 0 aliphatic rings. The summed E-state index contributed by atoms with van der Waals surface area (Å²) in [6, 6.07) is 11.0. The van der Waals surface area contributed by atoms with Crippen LogP contribution in [0.1, 0.15) is 10.4 Å². The average Bonchev–Trinajstić information content (AvgIpc) is 2.87. The molecule has 0 radical (unpaired) electrons. The van der Waals surface area contributed by atoms with E-state index in [0.717, 1.165) is 0 Å². The molecule has 0 bridgehead atoms. The van der Waals surface area contributed by atoms with E-state index in [2.05, 4.69) is 10.1 Å². The lowest BCUT2D eigenvalue weighted by Gasteiger charge is -2.00. The number of fused-ring (bicyclic) bond motifs is 1. The minimum absolute atomic E-state index is 0.415. The molecule has 0 aromatic carbocycles. The van der Waals surface area contributed by atoms with Crippen LogP contribution in [0.25, 0.3) is 16.9 Å². The van der Waals surface area contributed by atoms with E-state index in [1.165, 1.54) is 7.11 Å². The molecule has 0 spiro atoms. The summed E-state index contributed by atoms with van der Waals surface area (Å²) in [6.45, 7) is 0. The second kappa shape index (κ2) is 4.53. The number of hydrogen-bond acceptors (Lipinski definition) is 4. The largest absolute Gasteiger partial charge is 0.465 e. The SMILES string of the molecule is COC(=O)c1c(-c2ccccn2)nn2ccccc12. The van der Waals surface area contributed by atoms with E-state index >= 15 is 0 Å². The minimum Gasteiger partial charge on any atom is -0.465 e. The van der Waals surface area contributed by atoms with E-state index in [1.54, 1.807) is 16.9 Å². The maximum absolute atomic E-state index is 12.0. The molecule has 0 aliphatic heterocycles. The Balaban J connectivity index is 2.32. The molecule has 0 fully saturated rings. The standard InChI is InChI=1S/C14H11N3O2/c1-19-14(18)12-11-7-3-5-9-17(11)16-13(12)10-6-2-4-8-15-10/h2-9H,1H3. The van der Waals surface area contributed by atoms with Gasteiger partial charge in [-0.1, -0.05) is 12.1 Å². The molecule has 0 amide bonds. The normalized spacial score (nSPS) is 10.6. The maximum atomic E-state index is 12.0. The van der Waals surface area contributed by atoms with E-state index in [0.29, 0.717) is 22.5 Å². The van der Waals surface area contributed by atoms with Crippen molar-refractivity contribution in [2.24, 2.45) is 0 Å². The molecule has 19 heavy (non-hydrogen) atoms. The molecule has 0 saturated heterocycles. The number of carbonyl (C=O) groups excluding carboxylic acids is 1. The fourth-order valence-electron chi connectivity index (χ4n) is 1.98. The third kappa shape index (κ3) is 1.85. The summed E-state index contributed by atoms with van der Waals surface area (Å²) in [7, 11) is 1.36. The summed E-state index contributed by atoms with van der Waals surface area (Å²) < 4.78 is 6.49. The van der Waals surface area contributed by atoms with Crippen molar-refractivity contribution >= 4 is 11.5 Å². The first-order chi connectivity index (χ1) is 9.31. The molecule has 0 aliphatic carbocycles. The smallest absolute Gasteiger partial charge is 0.342 e. The van der Waals surface area contributed by atoms with Gasteiger partial charge in [-0.15, -0.1) is 0 Å². The van der Waals surface area contributed by atoms with Crippen molar-refractivity contribution in [3.63, 3.8) is 0 Å². The molecule has 0 N–H and O–H groups in total. The Labute approximate surface area is 109 Å². The quantitative estimate of drug-likeness (QED) is 0.657. The number of ether oxygens (including phenoxy) is 1. The van der Waals surface area contributed by atoms with E-state index in [-0.39, 0.29) is 0 Å². The van der Waals surface area contributed by atoms with Crippen molar-refractivity contribution in [3.8, 4) is 11.4 Å². The first-order valence-electron chi connectivity index (χ1n) is 5.78. The first kappa shape index (κ1) is 11.4. The number of esters is 1. The van der Waals surface area contributed by atoms with Crippen LogP contribution < -0.4 is 0 Å². The topological polar surface area (TPSA) is 56.5 Å². The van der Waals surface area contributed by atoms with Crippen LogP contribution in [0, 0.1) is 0 Å². The van der Waals surface area contributed by atoms with E-state index < -0.39 is 5.97 Å². The highest BCUT2D eigenvalue weighted by atomic mass is 16.5. The van der Waals surface area contributed by atoms with Gasteiger partial charge in [0.05, 0.1) is 18.3 Å². The highest BCUT2D eigenvalue weighted by Gasteiger charge is 2.21. The molecular formula is C14H11N3O2. The van der Waals surface area contributed by atoms with Crippen LogP contribution in [0.15, 0.2) is 48.8 Å². The van der Waals surface area contributed by atoms with Crippen molar-refractivity contribution in [1.82, 2.24) is 14.6 Å². The van der Waals surface area contributed by atoms with Gasteiger partial charge in [0.15, 0.2) is 0 Å². The average molecular weight is 253 g/mol. The van der Waals surface area contributed by atoms with Gasteiger partial charge in [0, 0.05) is 12.4 Å². The highest BCUT2D eigenvalue weighted by Crippen LogP contribution is 2.25. The first-order valence-corrected chi connectivity index (χ1v) is 5.78. The fourth-order valence-corrected chi connectivity index (χ4v) is 1.98. The van der Waals surface area contributed by atoms with Crippen molar-refractivity contribution in [3.05, 3.63) is 54.4 Å². The van der Waals surface area contributed by atoms with Gasteiger partial charge < -0.3 is 4.74 Å². The van der Waals surface area contributed by atoms with Gasteiger partial charge in [-0.3, -0.25) is 4.98 Å². The van der Waals surface area contributed by atoms with Crippen LogP contribution in [0.3, 0.4) is 0 Å². The van der Waals surface area contributed by atoms with Gasteiger partial charge >= 0.3 is 5.97 Å². The number of methoxy groups -OCH3 is 1. The number of carbonyl (C=O) groups is 1. The minimum atomic E-state index is -0.415. The Morgan fingerprint density at radius 2 is 2.05 bits per heavy atom. The number of aromatic nitrogens is 3. The highest BCUT2D eigenvalue weighted by molar-refractivity contribution is 6.02. The molecule has 0 saturated carbocycles. The number of pyridine rings is 2. The van der Waals surface area contributed by atoms with Gasteiger partial charge in [-0.05, 0) is 24.3 Å². The van der Waals surface area contributed by atoms with Crippen molar-refractivity contribution in [2.45, 2.75) is 0 Å². The Hall–Kier alpha value is -2.69. The summed E-state index contributed by atoms with van der Waals surface area (Å²) >= 11 is 0. The summed E-state index contributed by atoms with van der Waals surface area (Å²) in [4.78, 5) is 16.2. The van der Waals surface area contributed by atoms with Gasteiger partial charge in [-0.25, -0.2) is 9.31 Å². The van der Waals surface area contributed by atoms with Crippen LogP contribution in [-0.2, 0) is 4.74 Å². The van der Waals surface area contributed by atoms with Crippen LogP contribution >= 0.6 is 0 Å². The van der Waals surface area contributed by atoms with Crippen molar-refractivity contribution in [2.75, 3.05) is 7.11 Å². The van der Waals surface area contributed by atoms with Crippen molar-refractivity contribution < 1.29 is 9.53 Å². The Morgan fingerprint density at radius 1 is 1.21 bits per heavy atom. The Bertz CT molecular complexity index is 735. The molecule has 3 rings (SSSR count). The molecule has 3 heterocycles. The van der Waals surface area contributed by atoms with Crippen molar-refractivity contribution in [1.29, 1.82) is 0 Å². The monoisotopic (exact) mass is 253 g/mol. The molecule has 5 heteroatoms. The molecule has 3 aromatic heterocycles. The summed E-state index contributed by atoms with van der Waals surface area (Å²) in [5.74, 6) is -0.415. The van der Waals surface area contributed by atoms with Crippen LogP contribution in [-0.4, -0.2) is 27.7 Å². The van der Waals surface area contributed by atoms with Crippen LogP contribution in [0.5, 0.6) is 0 Å². The van der Waals surface area contributed by atoms with Gasteiger partial charge in [0.2, 0.25) is 0 Å². The lowest BCUT2D eigenvalue weighted by molar-refractivity contribution is 0.0604. The van der Waals surface area contributed by atoms with Gasteiger partial charge in [0.25, 0.3) is 0 Å². The number of hydrogen-bond donors (Lipinski definition) is 0. The van der Waals surface area contributed by atoms with Gasteiger partial charge in [-0.2, -0.15) is 5.10 Å². The lowest BCUT2D eigenvalue weighted by Crippen LogP contribution is -2.02. The number of nitrogens with zero attached hydrogens (tertiary/aromatic N) is 3. The maximum Gasteiger partial charge on any atom is 0.342 e. The van der Waals surface area contributed by atoms with E-state index in [4.69, 9.17) is 4.74 Å². The summed E-state index contributed by atoms with van der Waals surface area (Å²) in [5, 5.41) is 4.41. The van der Waals surface area contributed by atoms with Crippen LogP contribution in [0.4, 0.5) is 0 Å².